The second-order valence-electron chi connectivity index (χ2n) is 5.44. The van der Waals surface area contributed by atoms with Crippen LogP contribution in [0.5, 0.6) is 0 Å². The fourth-order valence-electron chi connectivity index (χ4n) is 2.68. The molecule has 1 saturated heterocycles. The van der Waals surface area contributed by atoms with Crippen molar-refractivity contribution >= 4 is 17.3 Å². The van der Waals surface area contributed by atoms with E-state index in [-0.39, 0.29) is 0 Å². The Morgan fingerprint density at radius 1 is 0.900 bits per heavy atom. The highest BCUT2D eigenvalue weighted by atomic mass is 35.5. The van der Waals surface area contributed by atoms with Gasteiger partial charge in [0.2, 0.25) is 0 Å². The van der Waals surface area contributed by atoms with Gasteiger partial charge in [0.1, 0.15) is 0 Å². The molecule has 1 N–H and O–H groups in total. The molecule has 2 rings (SSSR count). The Morgan fingerprint density at radius 3 is 2.20 bits per heavy atom. The number of aliphatic hydroxyl groups is 1. The lowest BCUT2D eigenvalue weighted by molar-refractivity contribution is 0.247. The highest BCUT2D eigenvalue weighted by molar-refractivity contribution is 6.30. The summed E-state index contributed by atoms with van der Waals surface area (Å²) < 4.78 is 0. The third-order valence-corrected chi connectivity index (χ3v) is 4.20. The SMILES string of the molecule is OCCCCCCN1CCN(c2ccc(Cl)cc2)CC1. The quantitative estimate of drug-likeness (QED) is 0.784. The molecule has 3 nitrogen and oxygen atoms in total. The molecule has 1 aromatic rings. The van der Waals surface area contributed by atoms with E-state index in [4.69, 9.17) is 16.7 Å². The number of rotatable bonds is 7. The van der Waals surface area contributed by atoms with Crippen molar-refractivity contribution in [2.45, 2.75) is 25.7 Å². The van der Waals surface area contributed by atoms with Gasteiger partial charge in [-0.2, -0.15) is 0 Å². The summed E-state index contributed by atoms with van der Waals surface area (Å²) in [5.41, 5.74) is 1.27. The Balaban J connectivity index is 1.66. The number of nitrogens with zero attached hydrogens (tertiary/aromatic N) is 2. The number of aliphatic hydroxyl groups excluding tert-OH is 1. The first kappa shape index (κ1) is 15.6. The summed E-state index contributed by atoms with van der Waals surface area (Å²) in [5.74, 6) is 0. The van der Waals surface area contributed by atoms with Gasteiger partial charge in [-0.1, -0.05) is 24.4 Å². The van der Waals surface area contributed by atoms with E-state index >= 15 is 0 Å². The van der Waals surface area contributed by atoms with Gasteiger partial charge in [-0.3, -0.25) is 4.90 Å². The zero-order valence-electron chi connectivity index (χ0n) is 12.1. The molecule has 20 heavy (non-hydrogen) atoms. The van der Waals surface area contributed by atoms with Crippen LogP contribution in [0.4, 0.5) is 5.69 Å². The smallest absolute Gasteiger partial charge is 0.0431 e. The number of anilines is 1. The van der Waals surface area contributed by atoms with Gasteiger partial charge >= 0.3 is 0 Å². The van der Waals surface area contributed by atoms with E-state index in [0.29, 0.717) is 6.61 Å². The lowest BCUT2D eigenvalue weighted by atomic mass is 10.2. The van der Waals surface area contributed by atoms with E-state index in [1.54, 1.807) is 0 Å². The summed E-state index contributed by atoms with van der Waals surface area (Å²) in [6.45, 7) is 6.00. The number of unbranched alkanes of at least 4 members (excludes halogenated alkanes) is 3. The Labute approximate surface area is 127 Å². The van der Waals surface area contributed by atoms with Crippen molar-refractivity contribution in [2.24, 2.45) is 0 Å². The minimum Gasteiger partial charge on any atom is -0.396 e. The molecule has 112 valence electrons. The van der Waals surface area contributed by atoms with Gasteiger partial charge in [-0.25, -0.2) is 0 Å². The Kier molecular flexibility index (Phi) is 6.64. The first-order valence-corrected chi connectivity index (χ1v) is 8.01. The molecule has 0 bridgehead atoms. The molecule has 4 heteroatoms. The molecule has 1 aliphatic heterocycles. The van der Waals surface area contributed by atoms with E-state index in [1.807, 2.05) is 12.1 Å². The molecule has 0 amide bonds. The van der Waals surface area contributed by atoms with Gasteiger partial charge in [0, 0.05) is 43.5 Å². The van der Waals surface area contributed by atoms with E-state index in [2.05, 4.69) is 21.9 Å². The second-order valence-corrected chi connectivity index (χ2v) is 5.88. The van der Waals surface area contributed by atoms with Crippen LogP contribution in [0.15, 0.2) is 24.3 Å². The van der Waals surface area contributed by atoms with Crippen LogP contribution in [0.3, 0.4) is 0 Å². The van der Waals surface area contributed by atoms with Crippen LogP contribution in [0, 0.1) is 0 Å². The highest BCUT2D eigenvalue weighted by Gasteiger charge is 2.16. The van der Waals surface area contributed by atoms with Crippen LogP contribution >= 0.6 is 11.6 Å². The molecule has 0 aromatic heterocycles. The van der Waals surface area contributed by atoms with E-state index in [9.17, 15) is 0 Å². The molecule has 0 spiro atoms. The molecule has 0 saturated carbocycles. The first-order valence-electron chi connectivity index (χ1n) is 7.63. The Hall–Kier alpha value is -0.770. The third-order valence-electron chi connectivity index (χ3n) is 3.95. The molecule has 0 atom stereocenters. The summed E-state index contributed by atoms with van der Waals surface area (Å²) in [7, 11) is 0. The third kappa shape index (κ3) is 4.97. The maximum atomic E-state index is 8.74. The van der Waals surface area contributed by atoms with Crippen molar-refractivity contribution in [3.05, 3.63) is 29.3 Å². The van der Waals surface area contributed by atoms with Crippen LogP contribution < -0.4 is 4.90 Å². The average molecular weight is 297 g/mol. The van der Waals surface area contributed by atoms with Crippen LogP contribution in [0.2, 0.25) is 5.02 Å². The zero-order chi connectivity index (χ0) is 14.2. The molecule has 0 radical (unpaired) electrons. The fraction of sp³-hybridized carbons (Fsp3) is 0.625. The maximum Gasteiger partial charge on any atom is 0.0431 e. The predicted octanol–water partition coefficient (Wildman–Crippen LogP) is 3.01. The van der Waals surface area contributed by atoms with Gasteiger partial charge in [0.15, 0.2) is 0 Å². The van der Waals surface area contributed by atoms with Crippen molar-refractivity contribution in [1.82, 2.24) is 4.90 Å². The highest BCUT2D eigenvalue weighted by Crippen LogP contribution is 2.19. The number of hydrogen-bond donors (Lipinski definition) is 1. The van der Waals surface area contributed by atoms with Crippen molar-refractivity contribution < 1.29 is 5.11 Å². The number of halogens is 1. The lowest BCUT2D eigenvalue weighted by Gasteiger charge is -2.36. The summed E-state index contributed by atoms with van der Waals surface area (Å²) in [4.78, 5) is 4.98. The summed E-state index contributed by atoms with van der Waals surface area (Å²) in [6, 6.07) is 8.13. The van der Waals surface area contributed by atoms with Crippen molar-refractivity contribution in [2.75, 3.05) is 44.2 Å². The van der Waals surface area contributed by atoms with Gasteiger partial charge in [-0.05, 0) is 43.7 Å². The molecule has 1 aliphatic rings. The second kappa shape index (κ2) is 8.50. The van der Waals surface area contributed by atoms with E-state index < -0.39 is 0 Å². The molecular weight excluding hydrogens is 272 g/mol. The van der Waals surface area contributed by atoms with Crippen LogP contribution in [-0.4, -0.2) is 49.3 Å². The lowest BCUT2D eigenvalue weighted by Crippen LogP contribution is -2.46. The van der Waals surface area contributed by atoms with Gasteiger partial charge in [0.25, 0.3) is 0 Å². The Morgan fingerprint density at radius 2 is 1.55 bits per heavy atom. The monoisotopic (exact) mass is 296 g/mol. The van der Waals surface area contributed by atoms with Crippen LogP contribution in [0.1, 0.15) is 25.7 Å². The zero-order valence-corrected chi connectivity index (χ0v) is 12.9. The van der Waals surface area contributed by atoms with Crippen molar-refractivity contribution in [1.29, 1.82) is 0 Å². The van der Waals surface area contributed by atoms with E-state index in [0.717, 1.165) is 44.0 Å². The largest absolute Gasteiger partial charge is 0.396 e. The minimum absolute atomic E-state index is 0.333. The molecule has 1 fully saturated rings. The standard InChI is InChI=1S/C16H25ClN2O/c17-15-5-7-16(8-6-15)19-12-10-18(11-13-19)9-3-1-2-4-14-20/h5-8,20H,1-4,9-14H2. The van der Waals surface area contributed by atoms with Gasteiger partial charge in [0.05, 0.1) is 0 Å². The average Bonchev–Trinajstić information content (AvgIpc) is 2.49. The van der Waals surface area contributed by atoms with Crippen molar-refractivity contribution in [3.63, 3.8) is 0 Å². The summed E-state index contributed by atoms with van der Waals surface area (Å²) >= 11 is 5.92. The number of hydrogen-bond acceptors (Lipinski definition) is 3. The van der Waals surface area contributed by atoms with Crippen molar-refractivity contribution in [3.8, 4) is 0 Å². The van der Waals surface area contributed by atoms with Crippen LogP contribution in [0.25, 0.3) is 0 Å². The first-order chi connectivity index (χ1) is 9.79. The van der Waals surface area contributed by atoms with Crippen LogP contribution in [-0.2, 0) is 0 Å². The number of benzene rings is 1. The predicted molar refractivity (Wildman–Crippen MR) is 85.7 cm³/mol. The Bertz CT molecular complexity index is 375. The fourth-order valence-corrected chi connectivity index (χ4v) is 2.81. The molecular formula is C16H25ClN2O. The number of piperazine rings is 1. The normalized spacial score (nSPS) is 16.6. The molecule has 1 heterocycles. The molecule has 1 aromatic carbocycles. The molecule has 0 unspecified atom stereocenters. The topological polar surface area (TPSA) is 26.7 Å². The van der Waals surface area contributed by atoms with E-state index in [1.165, 1.54) is 25.1 Å². The minimum atomic E-state index is 0.333. The summed E-state index contributed by atoms with van der Waals surface area (Å²) in [5, 5.41) is 9.55. The summed E-state index contributed by atoms with van der Waals surface area (Å²) in [6.07, 6.45) is 4.59. The van der Waals surface area contributed by atoms with Gasteiger partial charge in [-0.15, -0.1) is 0 Å². The maximum absolute atomic E-state index is 8.74. The molecule has 0 aliphatic carbocycles. The van der Waals surface area contributed by atoms with Gasteiger partial charge < -0.3 is 10.0 Å².